The van der Waals surface area contributed by atoms with Crippen LogP contribution in [-0.4, -0.2) is 24.6 Å². The van der Waals surface area contributed by atoms with Crippen molar-refractivity contribution in [2.24, 2.45) is 0 Å². The zero-order chi connectivity index (χ0) is 17.0. The van der Waals surface area contributed by atoms with Gasteiger partial charge in [-0.15, -0.1) is 0 Å². The SMILES string of the molecule is CCNC(=O)NC(=O)[C@H](C)Oc1ccc2c(C)cc(=O)oc2c1. The van der Waals surface area contributed by atoms with Crippen LogP contribution in [0.15, 0.2) is 33.5 Å². The highest BCUT2D eigenvalue weighted by molar-refractivity contribution is 5.96. The molecule has 0 saturated heterocycles. The van der Waals surface area contributed by atoms with Gasteiger partial charge in [0.05, 0.1) is 0 Å². The van der Waals surface area contributed by atoms with E-state index >= 15 is 0 Å². The molecular formula is C16H18N2O5. The maximum Gasteiger partial charge on any atom is 0.336 e. The zero-order valence-electron chi connectivity index (χ0n) is 13.1. The molecule has 122 valence electrons. The molecule has 7 nitrogen and oxygen atoms in total. The molecule has 1 atom stereocenters. The summed E-state index contributed by atoms with van der Waals surface area (Å²) in [6.07, 6.45) is -0.883. The molecule has 0 unspecified atom stereocenters. The van der Waals surface area contributed by atoms with E-state index < -0.39 is 23.7 Å². The second-order valence-corrected chi connectivity index (χ2v) is 5.02. The van der Waals surface area contributed by atoms with E-state index in [1.807, 2.05) is 6.92 Å². The minimum atomic E-state index is -0.883. The predicted octanol–water partition coefficient (Wildman–Crippen LogP) is 1.71. The number of amides is 3. The molecule has 1 heterocycles. The number of carbonyl (C=O) groups is 2. The Kier molecular flexibility index (Phi) is 5.00. The lowest BCUT2D eigenvalue weighted by Crippen LogP contribution is -2.45. The van der Waals surface area contributed by atoms with E-state index in [0.717, 1.165) is 10.9 Å². The van der Waals surface area contributed by atoms with E-state index in [4.69, 9.17) is 9.15 Å². The summed E-state index contributed by atoms with van der Waals surface area (Å²) in [6, 6.07) is 5.79. The van der Waals surface area contributed by atoms with Gasteiger partial charge in [0.1, 0.15) is 11.3 Å². The van der Waals surface area contributed by atoms with Gasteiger partial charge in [-0.3, -0.25) is 10.1 Å². The molecule has 2 rings (SSSR count). The Hall–Kier alpha value is -2.83. The van der Waals surface area contributed by atoms with Crippen LogP contribution in [0.25, 0.3) is 11.0 Å². The fourth-order valence-electron chi connectivity index (χ4n) is 2.05. The monoisotopic (exact) mass is 318 g/mol. The van der Waals surface area contributed by atoms with Crippen molar-refractivity contribution in [2.75, 3.05) is 6.54 Å². The summed E-state index contributed by atoms with van der Waals surface area (Å²) in [5.74, 6) is -0.202. The van der Waals surface area contributed by atoms with Crippen molar-refractivity contribution in [2.45, 2.75) is 26.9 Å². The molecule has 0 saturated carbocycles. The summed E-state index contributed by atoms with van der Waals surface area (Å²) < 4.78 is 10.6. The van der Waals surface area contributed by atoms with E-state index in [9.17, 15) is 14.4 Å². The number of imide groups is 1. The fourth-order valence-corrected chi connectivity index (χ4v) is 2.05. The van der Waals surface area contributed by atoms with Gasteiger partial charge in [-0.2, -0.15) is 0 Å². The summed E-state index contributed by atoms with van der Waals surface area (Å²) in [5, 5.41) is 5.41. The standard InChI is InChI=1S/C16H18N2O5/c1-4-17-16(21)18-15(20)10(3)22-11-5-6-12-9(2)7-14(19)23-13(12)8-11/h5-8,10H,4H2,1-3H3,(H2,17,18,20,21)/t10-/m0/s1. The van der Waals surface area contributed by atoms with Gasteiger partial charge in [0.25, 0.3) is 5.91 Å². The van der Waals surface area contributed by atoms with E-state index in [2.05, 4.69) is 10.6 Å². The van der Waals surface area contributed by atoms with E-state index in [1.165, 1.54) is 13.0 Å². The third-order valence-electron chi connectivity index (χ3n) is 3.18. The first-order chi connectivity index (χ1) is 10.9. The predicted molar refractivity (Wildman–Crippen MR) is 84.5 cm³/mol. The summed E-state index contributed by atoms with van der Waals surface area (Å²) >= 11 is 0. The average molecular weight is 318 g/mol. The molecule has 7 heteroatoms. The van der Waals surface area contributed by atoms with E-state index in [-0.39, 0.29) is 0 Å². The number of benzene rings is 1. The second kappa shape index (κ2) is 6.95. The van der Waals surface area contributed by atoms with E-state index in [1.54, 1.807) is 25.1 Å². The maximum atomic E-state index is 11.8. The maximum absolute atomic E-state index is 11.8. The Morgan fingerprint density at radius 1 is 1.30 bits per heavy atom. The molecular weight excluding hydrogens is 300 g/mol. The topological polar surface area (TPSA) is 97.6 Å². The van der Waals surface area contributed by atoms with Crippen molar-refractivity contribution in [3.63, 3.8) is 0 Å². The Balaban J connectivity index is 2.13. The molecule has 0 aliphatic rings. The lowest BCUT2D eigenvalue weighted by Gasteiger charge is -2.14. The summed E-state index contributed by atoms with van der Waals surface area (Å²) in [7, 11) is 0. The second-order valence-electron chi connectivity index (χ2n) is 5.02. The molecule has 0 spiro atoms. The average Bonchev–Trinajstić information content (AvgIpc) is 2.46. The van der Waals surface area contributed by atoms with Crippen LogP contribution in [0.5, 0.6) is 5.75 Å². The number of urea groups is 1. The Bertz CT molecular complexity index is 797. The largest absolute Gasteiger partial charge is 0.481 e. The van der Waals surface area contributed by atoms with Crippen LogP contribution in [-0.2, 0) is 4.79 Å². The van der Waals surface area contributed by atoms with Gasteiger partial charge < -0.3 is 14.5 Å². The third-order valence-corrected chi connectivity index (χ3v) is 3.18. The number of carbonyl (C=O) groups excluding carboxylic acids is 2. The van der Waals surface area contributed by atoms with Gasteiger partial charge in [-0.1, -0.05) is 0 Å². The highest BCUT2D eigenvalue weighted by Crippen LogP contribution is 2.22. The van der Waals surface area contributed by atoms with Crippen LogP contribution in [0.1, 0.15) is 19.4 Å². The lowest BCUT2D eigenvalue weighted by atomic mass is 10.1. The molecule has 1 aromatic heterocycles. The molecule has 3 amide bonds. The first kappa shape index (κ1) is 16.5. The smallest absolute Gasteiger partial charge is 0.336 e. The number of hydrogen-bond donors (Lipinski definition) is 2. The van der Waals surface area contributed by atoms with Gasteiger partial charge >= 0.3 is 11.7 Å². The number of hydrogen-bond acceptors (Lipinski definition) is 5. The van der Waals surface area contributed by atoms with Crippen LogP contribution >= 0.6 is 0 Å². The summed E-state index contributed by atoms with van der Waals surface area (Å²) in [6.45, 7) is 5.49. The van der Waals surface area contributed by atoms with Crippen molar-refractivity contribution in [1.29, 1.82) is 0 Å². The van der Waals surface area contributed by atoms with Crippen LogP contribution in [0.4, 0.5) is 4.79 Å². The van der Waals surface area contributed by atoms with Crippen molar-refractivity contribution in [3.8, 4) is 5.75 Å². The summed E-state index contributed by atoms with van der Waals surface area (Å²) in [4.78, 5) is 34.6. The van der Waals surface area contributed by atoms with Crippen molar-refractivity contribution >= 4 is 22.9 Å². The molecule has 0 aliphatic heterocycles. The zero-order valence-corrected chi connectivity index (χ0v) is 13.1. The van der Waals surface area contributed by atoms with Crippen LogP contribution in [0.3, 0.4) is 0 Å². The number of ether oxygens (including phenoxy) is 1. The van der Waals surface area contributed by atoms with Gasteiger partial charge in [0.2, 0.25) is 0 Å². The summed E-state index contributed by atoms with van der Waals surface area (Å²) in [5.41, 5.74) is 0.725. The Morgan fingerprint density at radius 3 is 2.74 bits per heavy atom. The molecule has 2 aromatic rings. The number of aryl methyl sites for hydroxylation is 1. The molecule has 0 bridgehead atoms. The van der Waals surface area contributed by atoms with Gasteiger partial charge in [-0.25, -0.2) is 9.59 Å². The van der Waals surface area contributed by atoms with Crippen LogP contribution in [0.2, 0.25) is 0 Å². The number of nitrogens with one attached hydrogen (secondary N) is 2. The molecule has 0 aliphatic carbocycles. The van der Waals surface area contributed by atoms with Crippen molar-refractivity contribution < 1.29 is 18.7 Å². The van der Waals surface area contributed by atoms with Gasteiger partial charge in [0.15, 0.2) is 6.10 Å². The number of fused-ring (bicyclic) bond motifs is 1. The molecule has 2 N–H and O–H groups in total. The van der Waals surface area contributed by atoms with Gasteiger partial charge in [-0.05, 0) is 38.5 Å². The quantitative estimate of drug-likeness (QED) is 0.836. The first-order valence-corrected chi connectivity index (χ1v) is 7.20. The normalized spacial score (nSPS) is 11.8. The Labute approximate surface area is 132 Å². The van der Waals surface area contributed by atoms with Crippen LogP contribution < -0.4 is 21.0 Å². The van der Waals surface area contributed by atoms with Crippen LogP contribution in [0, 0.1) is 6.92 Å². The molecule has 0 radical (unpaired) electrons. The number of rotatable bonds is 4. The third kappa shape index (κ3) is 4.09. The fraction of sp³-hybridized carbons (Fsp3) is 0.312. The highest BCUT2D eigenvalue weighted by Gasteiger charge is 2.17. The Morgan fingerprint density at radius 2 is 2.04 bits per heavy atom. The minimum Gasteiger partial charge on any atom is -0.481 e. The molecule has 23 heavy (non-hydrogen) atoms. The molecule has 1 aromatic carbocycles. The van der Waals surface area contributed by atoms with Gasteiger partial charge in [0, 0.05) is 24.1 Å². The van der Waals surface area contributed by atoms with Crippen molar-refractivity contribution in [3.05, 3.63) is 40.2 Å². The lowest BCUT2D eigenvalue weighted by molar-refractivity contribution is -0.126. The first-order valence-electron chi connectivity index (χ1n) is 7.20. The van der Waals surface area contributed by atoms with E-state index in [0.29, 0.717) is 17.9 Å². The highest BCUT2D eigenvalue weighted by atomic mass is 16.5. The minimum absolute atomic E-state index is 0.366. The molecule has 0 fully saturated rings. The van der Waals surface area contributed by atoms with Crippen molar-refractivity contribution in [1.82, 2.24) is 10.6 Å².